The topological polar surface area (TPSA) is 54.6 Å². The molecule has 2 aromatic carbocycles. The van der Waals surface area contributed by atoms with Crippen LogP contribution in [0.15, 0.2) is 60.9 Å². The normalized spacial score (nSPS) is 11.1. The molecule has 0 atom stereocenters. The highest BCUT2D eigenvalue weighted by Gasteiger charge is 2.20. The zero-order chi connectivity index (χ0) is 17.4. The molecule has 1 N–H and O–H groups in total. The van der Waals surface area contributed by atoms with Crippen LogP contribution in [0.3, 0.4) is 0 Å². The summed E-state index contributed by atoms with van der Waals surface area (Å²) >= 11 is 7.71. The van der Waals surface area contributed by atoms with Crippen molar-refractivity contribution in [3.8, 4) is 21.6 Å². The Hall–Kier alpha value is -2.63. The van der Waals surface area contributed by atoms with Gasteiger partial charge in [-0.25, -0.2) is 4.98 Å². The van der Waals surface area contributed by atoms with Gasteiger partial charge in [0.05, 0.1) is 17.0 Å². The molecule has 0 saturated heterocycles. The number of carbonyl (C=O) groups is 1. The third-order valence-corrected chi connectivity index (χ3v) is 5.36. The maximum absolute atomic E-state index is 11.4. The summed E-state index contributed by atoms with van der Waals surface area (Å²) in [6.07, 6.45) is 3.41. The lowest BCUT2D eigenvalue weighted by atomic mass is 9.97. The van der Waals surface area contributed by atoms with Crippen molar-refractivity contribution in [2.75, 3.05) is 0 Å². The minimum atomic E-state index is -0.870. The number of hydrogen-bond donors (Lipinski definition) is 1. The average Bonchev–Trinajstić information content (AvgIpc) is 3.18. The predicted octanol–water partition coefficient (Wildman–Crippen LogP) is 5.01. The van der Waals surface area contributed by atoms with Gasteiger partial charge in [-0.2, -0.15) is 0 Å². The molecule has 6 heteroatoms. The highest BCUT2D eigenvalue weighted by atomic mass is 35.5. The van der Waals surface area contributed by atoms with Crippen LogP contribution < -0.4 is 0 Å². The number of fused-ring (bicyclic) bond motifs is 1. The first kappa shape index (κ1) is 15.9. The number of hydrogen-bond acceptors (Lipinski definition) is 3. The fourth-order valence-corrected chi connectivity index (χ4v) is 4.23. The number of carboxylic acids is 1. The van der Waals surface area contributed by atoms with Gasteiger partial charge in [0.1, 0.15) is 0 Å². The van der Waals surface area contributed by atoms with Crippen molar-refractivity contribution in [3.05, 3.63) is 71.6 Å². The van der Waals surface area contributed by atoms with Crippen molar-refractivity contribution >= 4 is 33.9 Å². The van der Waals surface area contributed by atoms with E-state index in [1.807, 2.05) is 52.9 Å². The van der Waals surface area contributed by atoms with Gasteiger partial charge in [-0.05, 0) is 23.3 Å². The third kappa shape index (κ3) is 2.92. The second-order valence-corrected chi connectivity index (χ2v) is 7.00. The van der Waals surface area contributed by atoms with Crippen LogP contribution >= 0.6 is 22.9 Å². The number of imidazole rings is 1. The second kappa shape index (κ2) is 6.35. The van der Waals surface area contributed by atoms with Gasteiger partial charge in [-0.3, -0.25) is 9.20 Å². The fraction of sp³-hybridized carbons (Fsp3) is 0.0526. The molecule has 0 aliphatic heterocycles. The number of aromatic nitrogens is 2. The molecule has 4 rings (SSSR count). The van der Waals surface area contributed by atoms with Crippen molar-refractivity contribution in [2.24, 2.45) is 0 Å². The number of halogens is 1. The first-order chi connectivity index (χ1) is 12.1. The zero-order valence-corrected chi connectivity index (χ0v) is 14.6. The first-order valence-electron chi connectivity index (χ1n) is 7.65. The van der Waals surface area contributed by atoms with E-state index in [2.05, 4.69) is 4.98 Å². The van der Waals surface area contributed by atoms with Gasteiger partial charge in [-0.15, -0.1) is 0 Å². The summed E-state index contributed by atoms with van der Waals surface area (Å²) in [7, 11) is 0. The largest absolute Gasteiger partial charge is 0.481 e. The van der Waals surface area contributed by atoms with Crippen LogP contribution in [0.25, 0.3) is 26.5 Å². The van der Waals surface area contributed by atoms with Crippen molar-refractivity contribution in [1.29, 1.82) is 0 Å². The highest BCUT2D eigenvalue weighted by Crippen LogP contribution is 2.40. The molecule has 25 heavy (non-hydrogen) atoms. The van der Waals surface area contributed by atoms with Crippen molar-refractivity contribution < 1.29 is 9.90 Å². The van der Waals surface area contributed by atoms with E-state index in [9.17, 15) is 9.90 Å². The van der Waals surface area contributed by atoms with E-state index < -0.39 is 5.97 Å². The Balaban J connectivity index is 1.98. The molecule has 0 spiro atoms. The molecule has 4 aromatic rings. The van der Waals surface area contributed by atoms with Crippen LogP contribution in [0.1, 0.15) is 5.69 Å². The molecular formula is C19H13ClN2O2S. The SMILES string of the molecule is O=C(O)Cc1c(-c2ccc(Cl)cc2-c2ccccc2)sc2nccn12. The maximum atomic E-state index is 11.4. The molecule has 0 bridgehead atoms. The molecule has 124 valence electrons. The number of carboxylic acid groups (broad SMARTS) is 1. The van der Waals surface area contributed by atoms with Gasteiger partial charge in [-0.1, -0.05) is 59.3 Å². The van der Waals surface area contributed by atoms with E-state index in [1.54, 1.807) is 12.4 Å². The Bertz CT molecular complexity index is 1070. The Morgan fingerprint density at radius 2 is 1.96 bits per heavy atom. The molecule has 2 heterocycles. The zero-order valence-electron chi connectivity index (χ0n) is 13.0. The first-order valence-corrected chi connectivity index (χ1v) is 8.85. The van der Waals surface area contributed by atoms with Gasteiger partial charge < -0.3 is 5.11 Å². The standard InChI is InChI=1S/C19H13ClN2O2S/c20-13-6-7-14(15(10-13)12-4-2-1-3-5-12)18-16(11-17(23)24)22-9-8-21-19(22)25-18/h1-10H,11H2,(H,23,24). The second-order valence-electron chi connectivity index (χ2n) is 5.58. The maximum Gasteiger partial charge on any atom is 0.309 e. The van der Waals surface area contributed by atoms with E-state index in [0.29, 0.717) is 5.02 Å². The van der Waals surface area contributed by atoms with Crippen molar-refractivity contribution in [3.63, 3.8) is 0 Å². The van der Waals surface area contributed by atoms with Gasteiger partial charge in [0.25, 0.3) is 0 Å². The summed E-state index contributed by atoms with van der Waals surface area (Å²) in [6, 6.07) is 15.6. The van der Waals surface area contributed by atoms with E-state index in [1.165, 1.54) is 11.3 Å². The number of aliphatic carboxylic acids is 1. The van der Waals surface area contributed by atoms with E-state index >= 15 is 0 Å². The fourth-order valence-electron chi connectivity index (χ4n) is 2.92. The Morgan fingerprint density at radius 1 is 1.16 bits per heavy atom. The summed E-state index contributed by atoms with van der Waals surface area (Å²) in [6.45, 7) is 0. The van der Waals surface area contributed by atoms with Crippen LogP contribution in [0.5, 0.6) is 0 Å². The molecule has 4 nitrogen and oxygen atoms in total. The number of rotatable bonds is 4. The van der Waals surface area contributed by atoms with Crippen molar-refractivity contribution in [2.45, 2.75) is 6.42 Å². The summed E-state index contributed by atoms with van der Waals surface area (Å²) in [4.78, 5) is 17.4. The molecule has 0 unspecified atom stereocenters. The average molecular weight is 369 g/mol. The van der Waals surface area contributed by atoms with Gasteiger partial charge in [0.15, 0.2) is 4.96 Å². The molecule has 0 aliphatic rings. The lowest BCUT2D eigenvalue weighted by Crippen LogP contribution is -2.04. The van der Waals surface area contributed by atoms with Crippen LogP contribution in [-0.2, 0) is 11.2 Å². The summed E-state index contributed by atoms with van der Waals surface area (Å²) in [5, 5.41) is 9.98. The molecule has 0 aliphatic carbocycles. The monoisotopic (exact) mass is 368 g/mol. The smallest absolute Gasteiger partial charge is 0.309 e. The number of nitrogens with zero attached hydrogens (tertiary/aromatic N) is 2. The third-order valence-electron chi connectivity index (χ3n) is 3.98. The number of thiazole rings is 1. The molecular weight excluding hydrogens is 356 g/mol. The molecule has 0 saturated carbocycles. The molecule has 0 amide bonds. The minimum absolute atomic E-state index is 0.0669. The van der Waals surface area contributed by atoms with Crippen molar-refractivity contribution in [1.82, 2.24) is 9.38 Å². The van der Waals surface area contributed by atoms with Crippen LogP contribution in [0.2, 0.25) is 5.02 Å². The summed E-state index contributed by atoms with van der Waals surface area (Å²) < 4.78 is 1.84. The van der Waals surface area contributed by atoms with Crippen LogP contribution in [0.4, 0.5) is 0 Å². The van der Waals surface area contributed by atoms with E-state index in [-0.39, 0.29) is 6.42 Å². The lowest BCUT2D eigenvalue weighted by molar-refractivity contribution is -0.136. The van der Waals surface area contributed by atoms with Crippen LogP contribution in [-0.4, -0.2) is 20.5 Å². The Labute approximate surface area is 153 Å². The molecule has 2 aromatic heterocycles. The summed E-state index contributed by atoms with van der Waals surface area (Å²) in [5.74, 6) is -0.870. The number of benzene rings is 2. The van der Waals surface area contributed by atoms with Crippen LogP contribution in [0, 0.1) is 0 Å². The highest BCUT2D eigenvalue weighted by molar-refractivity contribution is 7.20. The van der Waals surface area contributed by atoms with E-state index in [4.69, 9.17) is 11.6 Å². The predicted molar refractivity (Wildman–Crippen MR) is 100 cm³/mol. The van der Waals surface area contributed by atoms with Gasteiger partial charge in [0, 0.05) is 23.0 Å². The minimum Gasteiger partial charge on any atom is -0.481 e. The van der Waals surface area contributed by atoms with E-state index in [0.717, 1.165) is 32.2 Å². The van der Waals surface area contributed by atoms with Gasteiger partial charge in [0.2, 0.25) is 0 Å². The summed E-state index contributed by atoms with van der Waals surface area (Å²) in [5.41, 5.74) is 3.70. The Morgan fingerprint density at radius 3 is 2.72 bits per heavy atom. The Kier molecular flexibility index (Phi) is 4.03. The molecule has 0 radical (unpaired) electrons. The lowest BCUT2D eigenvalue weighted by Gasteiger charge is -2.11. The molecule has 0 fully saturated rings. The quantitative estimate of drug-likeness (QED) is 0.550. The van der Waals surface area contributed by atoms with Gasteiger partial charge >= 0.3 is 5.97 Å².